The van der Waals surface area contributed by atoms with E-state index in [4.69, 9.17) is 0 Å². The van der Waals surface area contributed by atoms with Crippen LogP contribution in [-0.4, -0.2) is 31.1 Å². The van der Waals surface area contributed by atoms with E-state index in [1.807, 2.05) is 0 Å². The second-order valence-electron chi connectivity index (χ2n) is 6.05. The molecule has 2 N–H and O–H groups in total. The summed E-state index contributed by atoms with van der Waals surface area (Å²) in [6.45, 7) is 11.0. The van der Waals surface area contributed by atoms with Gasteiger partial charge in [0.15, 0.2) is 0 Å². The number of nitrogens with zero attached hydrogens (tertiary/aromatic N) is 1. The van der Waals surface area contributed by atoms with Crippen molar-refractivity contribution in [2.45, 2.75) is 52.7 Å². The SMILES string of the molecule is CCC1C(=O)NCCN1c1ccc(CNC(C)C)c(C)c1. The molecule has 1 fully saturated rings. The molecule has 1 aromatic rings. The van der Waals surface area contributed by atoms with Gasteiger partial charge in [0.1, 0.15) is 6.04 Å². The molecule has 21 heavy (non-hydrogen) atoms. The van der Waals surface area contributed by atoms with E-state index < -0.39 is 0 Å². The molecule has 4 nitrogen and oxygen atoms in total. The summed E-state index contributed by atoms with van der Waals surface area (Å²) in [7, 11) is 0. The lowest BCUT2D eigenvalue weighted by Crippen LogP contribution is -2.55. The largest absolute Gasteiger partial charge is 0.358 e. The summed E-state index contributed by atoms with van der Waals surface area (Å²) in [4.78, 5) is 14.2. The highest BCUT2D eigenvalue weighted by atomic mass is 16.2. The molecule has 0 aromatic heterocycles. The number of hydrogen-bond acceptors (Lipinski definition) is 3. The molecule has 1 amide bonds. The normalized spacial score (nSPS) is 19.0. The number of carbonyl (C=O) groups excluding carboxylic acids is 1. The third-order valence-electron chi connectivity index (χ3n) is 4.08. The quantitative estimate of drug-likeness (QED) is 0.873. The average molecular weight is 289 g/mol. The van der Waals surface area contributed by atoms with Crippen LogP contribution < -0.4 is 15.5 Å². The second kappa shape index (κ2) is 6.94. The number of hydrogen-bond donors (Lipinski definition) is 2. The third kappa shape index (κ3) is 3.76. The summed E-state index contributed by atoms with van der Waals surface area (Å²) in [5.74, 6) is 0.145. The van der Waals surface area contributed by atoms with Crippen molar-refractivity contribution in [3.8, 4) is 0 Å². The standard InChI is InChI=1S/C17H27N3O/c1-5-16-17(21)18-8-9-20(16)15-7-6-14(13(4)10-15)11-19-12(2)3/h6-7,10,12,16,19H,5,8-9,11H2,1-4H3,(H,18,21). The zero-order chi connectivity index (χ0) is 15.4. The second-order valence-corrected chi connectivity index (χ2v) is 6.05. The molecule has 0 spiro atoms. The molecule has 0 aliphatic carbocycles. The molecule has 116 valence electrons. The van der Waals surface area contributed by atoms with Crippen molar-refractivity contribution < 1.29 is 4.79 Å². The van der Waals surface area contributed by atoms with Gasteiger partial charge in [-0.25, -0.2) is 0 Å². The Kier molecular flexibility index (Phi) is 5.23. The number of piperazine rings is 1. The van der Waals surface area contributed by atoms with Crippen LogP contribution in [0.25, 0.3) is 0 Å². The van der Waals surface area contributed by atoms with Crippen molar-refractivity contribution in [1.29, 1.82) is 0 Å². The fourth-order valence-corrected chi connectivity index (χ4v) is 2.80. The first-order chi connectivity index (χ1) is 10.0. The van der Waals surface area contributed by atoms with Crippen LogP contribution in [-0.2, 0) is 11.3 Å². The fraction of sp³-hybridized carbons (Fsp3) is 0.588. The molecule has 1 aliphatic rings. The zero-order valence-corrected chi connectivity index (χ0v) is 13.6. The minimum atomic E-state index is -0.0437. The number of nitrogens with one attached hydrogen (secondary N) is 2. The zero-order valence-electron chi connectivity index (χ0n) is 13.6. The Bertz CT molecular complexity index is 499. The van der Waals surface area contributed by atoms with E-state index in [0.29, 0.717) is 6.04 Å². The summed E-state index contributed by atoms with van der Waals surface area (Å²) < 4.78 is 0. The summed E-state index contributed by atoms with van der Waals surface area (Å²) in [5, 5.41) is 6.40. The Morgan fingerprint density at radius 3 is 2.81 bits per heavy atom. The van der Waals surface area contributed by atoms with Crippen LogP contribution in [0.2, 0.25) is 0 Å². The number of aryl methyl sites for hydroxylation is 1. The molecule has 0 saturated carbocycles. The first-order valence-electron chi connectivity index (χ1n) is 7.90. The molecule has 1 unspecified atom stereocenters. The van der Waals surface area contributed by atoms with E-state index >= 15 is 0 Å². The minimum Gasteiger partial charge on any atom is -0.358 e. The van der Waals surface area contributed by atoms with Crippen molar-refractivity contribution in [1.82, 2.24) is 10.6 Å². The summed E-state index contributed by atoms with van der Waals surface area (Å²) in [5.41, 5.74) is 3.76. The molecule has 4 heteroatoms. The molecule has 2 rings (SSSR count). The lowest BCUT2D eigenvalue weighted by atomic mass is 10.0. The van der Waals surface area contributed by atoms with Crippen molar-refractivity contribution in [3.05, 3.63) is 29.3 Å². The van der Waals surface area contributed by atoms with E-state index in [2.05, 4.69) is 61.4 Å². The number of anilines is 1. The molecular formula is C17H27N3O. The van der Waals surface area contributed by atoms with Crippen molar-refractivity contribution in [2.75, 3.05) is 18.0 Å². The smallest absolute Gasteiger partial charge is 0.242 e. The molecule has 1 aromatic carbocycles. The Labute approximate surface area is 127 Å². The van der Waals surface area contributed by atoms with Gasteiger partial charge in [-0.15, -0.1) is 0 Å². The lowest BCUT2D eigenvalue weighted by molar-refractivity contribution is -0.123. The minimum absolute atomic E-state index is 0.0437. The Morgan fingerprint density at radius 1 is 1.43 bits per heavy atom. The Balaban J connectivity index is 2.16. The van der Waals surface area contributed by atoms with Crippen LogP contribution in [0.15, 0.2) is 18.2 Å². The van der Waals surface area contributed by atoms with Gasteiger partial charge in [0.05, 0.1) is 0 Å². The van der Waals surface area contributed by atoms with Crippen LogP contribution in [0.1, 0.15) is 38.3 Å². The molecule has 1 heterocycles. The number of rotatable bonds is 5. The molecule has 1 aliphatic heterocycles. The molecule has 0 bridgehead atoms. The van der Waals surface area contributed by atoms with Crippen LogP contribution in [0.4, 0.5) is 5.69 Å². The topological polar surface area (TPSA) is 44.4 Å². The summed E-state index contributed by atoms with van der Waals surface area (Å²) >= 11 is 0. The molecule has 0 radical (unpaired) electrons. The maximum atomic E-state index is 12.0. The number of amides is 1. The van der Waals surface area contributed by atoms with Crippen molar-refractivity contribution in [3.63, 3.8) is 0 Å². The maximum absolute atomic E-state index is 12.0. The van der Waals surface area contributed by atoms with Crippen LogP contribution in [0.5, 0.6) is 0 Å². The third-order valence-corrected chi connectivity index (χ3v) is 4.08. The average Bonchev–Trinajstić information content (AvgIpc) is 2.45. The molecular weight excluding hydrogens is 262 g/mol. The highest BCUT2D eigenvalue weighted by Crippen LogP contribution is 2.23. The Morgan fingerprint density at radius 2 is 2.19 bits per heavy atom. The predicted octanol–water partition coefficient (Wildman–Crippen LogP) is 2.21. The van der Waals surface area contributed by atoms with E-state index in [1.54, 1.807) is 0 Å². The number of carbonyl (C=O) groups is 1. The van der Waals surface area contributed by atoms with Crippen LogP contribution in [0, 0.1) is 6.92 Å². The summed E-state index contributed by atoms with van der Waals surface area (Å²) in [6.07, 6.45) is 0.835. The Hall–Kier alpha value is -1.55. The highest BCUT2D eigenvalue weighted by Gasteiger charge is 2.28. The predicted molar refractivity (Wildman–Crippen MR) is 87.6 cm³/mol. The van der Waals surface area contributed by atoms with Crippen LogP contribution >= 0.6 is 0 Å². The first kappa shape index (κ1) is 15.8. The van der Waals surface area contributed by atoms with Gasteiger partial charge in [-0.3, -0.25) is 4.79 Å². The number of benzene rings is 1. The van der Waals surface area contributed by atoms with E-state index in [-0.39, 0.29) is 11.9 Å². The highest BCUT2D eigenvalue weighted by molar-refractivity contribution is 5.86. The maximum Gasteiger partial charge on any atom is 0.242 e. The van der Waals surface area contributed by atoms with Gasteiger partial charge in [-0.2, -0.15) is 0 Å². The van der Waals surface area contributed by atoms with Gasteiger partial charge < -0.3 is 15.5 Å². The van der Waals surface area contributed by atoms with Crippen LogP contribution in [0.3, 0.4) is 0 Å². The van der Waals surface area contributed by atoms with E-state index in [9.17, 15) is 4.79 Å². The molecule has 1 saturated heterocycles. The van der Waals surface area contributed by atoms with Gasteiger partial charge >= 0.3 is 0 Å². The van der Waals surface area contributed by atoms with Gasteiger partial charge in [0.25, 0.3) is 0 Å². The van der Waals surface area contributed by atoms with Crippen molar-refractivity contribution >= 4 is 11.6 Å². The monoisotopic (exact) mass is 289 g/mol. The van der Waals surface area contributed by atoms with Gasteiger partial charge in [0, 0.05) is 31.4 Å². The van der Waals surface area contributed by atoms with Gasteiger partial charge in [-0.1, -0.05) is 26.8 Å². The summed E-state index contributed by atoms with van der Waals surface area (Å²) in [6, 6.07) is 6.97. The van der Waals surface area contributed by atoms with E-state index in [1.165, 1.54) is 11.1 Å². The van der Waals surface area contributed by atoms with Gasteiger partial charge in [0.2, 0.25) is 5.91 Å². The lowest BCUT2D eigenvalue weighted by Gasteiger charge is -2.36. The first-order valence-corrected chi connectivity index (χ1v) is 7.90. The van der Waals surface area contributed by atoms with Crippen molar-refractivity contribution in [2.24, 2.45) is 0 Å². The molecule has 1 atom stereocenters. The fourth-order valence-electron chi connectivity index (χ4n) is 2.80. The van der Waals surface area contributed by atoms with E-state index in [0.717, 1.165) is 31.7 Å². The van der Waals surface area contributed by atoms with Gasteiger partial charge in [-0.05, 0) is 36.6 Å².